The van der Waals surface area contributed by atoms with Crippen molar-refractivity contribution in [2.75, 3.05) is 32.1 Å². The molecule has 0 aromatic heterocycles. The van der Waals surface area contributed by atoms with E-state index in [1.807, 2.05) is 32.0 Å². The first-order chi connectivity index (χ1) is 10.1. The van der Waals surface area contributed by atoms with Gasteiger partial charge in [-0.25, -0.2) is 0 Å². The monoisotopic (exact) mass is 289 g/mol. The lowest BCUT2D eigenvalue weighted by Crippen LogP contribution is -2.40. The Hall–Kier alpha value is -1.73. The van der Waals surface area contributed by atoms with Crippen molar-refractivity contribution in [3.05, 3.63) is 24.3 Å². The highest BCUT2D eigenvalue weighted by molar-refractivity contribution is 5.57. The van der Waals surface area contributed by atoms with Crippen molar-refractivity contribution in [3.8, 4) is 11.8 Å². The molecule has 1 atom stereocenters. The molecular formula is C17H27N3O. The van der Waals surface area contributed by atoms with Gasteiger partial charge in [-0.05, 0) is 44.9 Å². The van der Waals surface area contributed by atoms with Crippen molar-refractivity contribution < 1.29 is 4.74 Å². The summed E-state index contributed by atoms with van der Waals surface area (Å²) in [5.74, 6) is 0.898. The molecule has 1 N–H and O–H groups in total. The summed E-state index contributed by atoms with van der Waals surface area (Å²) in [5.41, 5.74) is 0.701. The zero-order valence-electron chi connectivity index (χ0n) is 13.6. The van der Waals surface area contributed by atoms with Crippen LogP contribution in [0.1, 0.15) is 33.1 Å². The van der Waals surface area contributed by atoms with E-state index in [0.717, 1.165) is 43.8 Å². The predicted molar refractivity (Wildman–Crippen MR) is 87.8 cm³/mol. The van der Waals surface area contributed by atoms with E-state index in [4.69, 9.17) is 4.74 Å². The summed E-state index contributed by atoms with van der Waals surface area (Å²) < 4.78 is 5.38. The van der Waals surface area contributed by atoms with Crippen LogP contribution < -0.4 is 15.0 Å². The van der Waals surface area contributed by atoms with Crippen LogP contribution in [-0.2, 0) is 0 Å². The Morgan fingerprint density at radius 2 is 2.05 bits per heavy atom. The summed E-state index contributed by atoms with van der Waals surface area (Å²) in [4.78, 5) is 2.20. The average Bonchev–Trinajstić information content (AvgIpc) is 2.51. The molecule has 116 valence electrons. The highest BCUT2D eigenvalue weighted by atomic mass is 16.5. The molecule has 0 bridgehead atoms. The number of rotatable bonds is 9. The topological polar surface area (TPSA) is 48.3 Å². The number of benzene rings is 1. The van der Waals surface area contributed by atoms with Crippen molar-refractivity contribution in [1.29, 1.82) is 5.26 Å². The molecule has 0 aliphatic heterocycles. The molecule has 4 nitrogen and oxygen atoms in total. The molecule has 0 spiro atoms. The highest BCUT2D eigenvalue weighted by Crippen LogP contribution is 2.26. The number of hydrogen-bond acceptors (Lipinski definition) is 4. The maximum atomic E-state index is 9.23. The minimum absolute atomic E-state index is 0.405. The van der Waals surface area contributed by atoms with Gasteiger partial charge >= 0.3 is 0 Å². The zero-order chi connectivity index (χ0) is 15.7. The number of nitrogens with one attached hydrogen (secondary N) is 1. The number of hydrogen-bond donors (Lipinski definition) is 1. The average molecular weight is 289 g/mol. The number of ether oxygens (including phenoxy) is 1. The van der Waals surface area contributed by atoms with Crippen LogP contribution in [-0.4, -0.2) is 32.8 Å². The lowest BCUT2D eigenvalue weighted by molar-refractivity contribution is 0.409. The van der Waals surface area contributed by atoms with Crippen LogP contribution in [0.4, 0.5) is 5.69 Å². The molecule has 21 heavy (non-hydrogen) atoms. The fourth-order valence-electron chi connectivity index (χ4n) is 2.47. The van der Waals surface area contributed by atoms with Gasteiger partial charge in [-0.3, -0.25) is 5.32 Å². The number of methoxy groups -OCH3 is 1. The maximum absolute atomic E-state index is 9.23. The van der Waals surface area contributed by atoms with Crippen LogP contribution >= 0.6 is 0 Å². The molecule has 0 radical (unpaired) electrons. The quantitative estimate of drug-likeness (QED) is 0.709. The Labute approximate surface area is 128 Å². The van der Waals surface area contributed by atoms with E-state index in [9.17, 15) is 5.26 Å². The third kappa shape index (κ3) is 5.28. The lowest BCUT2D eigenvalue weighted by Gasteiger charge is -2.24. The molecule has 0 saturated carbocycles. The first-order valence-electron chi connectivity index (χ1n) is 7.56. The Morgan fingerprint density at radius 3 is 2.67 bits per heavy atom. The number of anilines is 1. The first-order valence-corrected chi connectivity index (χ1v) is 7.56. The van der Waals surface area contributed by atoms with Crippen molar-refractivity contribution in [3.63, 3.8) is 0 Å². The summed E-state index contributed by atoms with van der Waals surface area (Å²) in [6, 6.07) is 10.4. The molecule has 0 fully saturated rings. The molecule has 1 aromatic rings. The van der Waals surface area contributed by atoms with Crippen LogP contribution in [0.2, 0.25) is 0 Å². The smallest absolute Gasteiger partial charge is 0.142 e. The zero-order valence-corrected chi connectivity index (χ0v) is 13.6. The van der Waals surface area contributed by atoms with Crippen LogP contribution in [0.15, 0.2) is 24.3 Å². The summed E-state index contributed by atoms with van der Waals surface area (Å²) in [7, 11) is 3.77. The Morgan fingerprint density at radius 1 is 1.33 bits per heavy atom. The molecule has 0 aliphatic rings. The van der Waals surface area contributed by atoms with Crippen molar-refractivity contribution in [2.45, 2.75) is 38.6 Å². The number of nitriles is 1. The van der Waals surface area contributed by atoms with Gasteiger partial charge in [0.05, 0.1) is 18.9 Å². The van der Waals surface area contributed by atoms with Gasteiger partial charge in [-0.2, -0.15) is 5.26 Å². The summed E-state index contributed by atoms with van der Waals surface area (Å²) in [5, 5.41) is 12.5. The largest absolute Gasteiger partial charge is 0.495 e. The molecule has 0 saturated heterocycles. The third-order valence-corrected chi connectivity index (χ3v) is 3.73. The first kappa shape index (κ1) is 17.3. The maximum Gasteiger partial charge on any atom is 0.142 e. The predicted octanol–water partition coefficient (Wildman–Crippen LogP) is 3.19. The van der Waals surface area contributed by atoms with Crippen LogP contribution in [0.5, 0.6) is 5.75 Å². The lowest BCUT2D eigenvalue weighted by atomic mass is 9.96. The van der Waals surface area contributed by atoms with Crippen molar-refractivity contribution >= 4 is 5.69 Å². The number of para-hydroxylation sites is 2. The van der Waals surface area contributed by atoms with Gasteiger partial charge in [-0.15, -0.1) is 0 Å². The second-order valence-corrected chi connectivity index (χ2v) is 5.52. The van der Waals surface area contributed by atoms with Crippen molar-refractivity contribution in [1.82, 2.24) is 5.32 Å². The molecule has 1 aromatic carbocycles. The standard InChI is InChI=1S/C17H27N3O/c1-5-19-17(2,14-18)12-8-9-13-20(3)15-10-6-7-11-16(15)21-4/h6-7,10-11,19H,5,8-9,12-13H2,1-4H3. The van der Waals surface area contributed by atoms with E-state index in [0.29, 0.717) is 0 Å². The summed E-state index contributed by atoms with van der Waals surface area (Å²) >= 11 is 0. The fourth-order valence-corrected chi connectivity index (χ4v) is 2.47. The van der Waals surface area contributed by atoms with E-state index in [-0.39, 0.29) is 0 Å². The second-order valence-electron chi connectivity index (χ2n) is 5.52. The van der Waals surface area contributed by atoms with E-state index >= 15 is 0 Å². The molecule has 0 amide bonds. The number of nitrogens with zero attached hydrogens (tertiary/aromatic N) is 2. The van der Waals surface area contributed by atoms with E-state index in [1.54, 1.807) is 7.11 Å². The molecule has 0 aliphatic carbocycles. The molecule has 1 rings (SSSR count). The van der Waals surface area contributed by atoms with E-state index < -0.39 is 5.54 Å². The fraction of sp³-hybridized carbons (Fsp3) is 0.588. The number of unbranched alkanes of at least 4 members (excludes halogenated alkanes) is 1. The van der Waals surface area contributed by atoms with Gasteiger partial charge in [0.2, 0.25) is 0 Å². The molecule has 4 heteroatoms. The van der Waals surface area contributed by atoms with E-state index in [1.165, 1.54) is 0 Å². The minimum Gasteiger partial charge on any atom is -0.495 e. The van der Waals surface area contributed by atoms with Crippen LogP contribution in [0.25, 0.3) is 0 Å². The Balaban J connectivity index is 2.44. The summed E-state index contributed by atoms with van der Waals surface area (Å²) in [6.07, 6.45) is 2.95. The van der Waals surface area contributed by atoms with Gasteiger partial charge in [0.15, 0.2) is 0 Å². The van der Waals surface area contributed by atoms with Crippen molar-refractivity contribution in [2.24, 2.45) is 0 Å². The highest BCUT2D eigenvalue weighted by Gasteiger charge is 2.21. The summed E-state index contributed by atoms with van der Waals surface area (Å²) in [6.45, 7) is 5.78. The van der Waals surface area contributed by atoms with E-state index in [2.05, 4.69) is 29.4 Å². The normalized spacial score (nSPS) is 13.3. The van der Waals surface area contributed by atoms with Crippen LogP contribution in [0, 0.1) is 11.3 Å². The van der Waals surface area contributed by atoms with Gasteiger partial charge in [0, 0.05) is 13.6 Å². The van der Waals surface area contributed by atoms with Gasteiger partial charge in [0.25, 0.3) is 0 Å². The Kier molecular flexibility index (Phi) is 7.04. The van der Waals surface area contributed by atoms with Gasteiger partial charge in [0.1, 0.15) is 11.3 Å². The molecule has 0 heterocycles. The molecular weight excluding hydrogens is 262 g/mol. The minimum atomic E-state index is -0.405. The van der Waals surface area contributed by atoms with Gasteiger partial charge in [-0.1, -0.05) is 19.1 Å². The SMILES string of the molecule is CCNC(C)(C#N)CCCCN(C)c1ccccc1OC. The molecule has 1 unspecified atom stereocenters. The van der Waals surface area contributed by atoms with Crippen LogP contribution in [0.3, 0.4) is 0 Å². The third-order valence-electron chi connectivity index (χ3n) is 3.73. The second kappa shape index (κ2) is 8.53. The van der Waals surface area contributed by atoms with Gasteiger partial charge < -0.3 is 9.64 Å². The Bertz CT molecular complexity index is 469.